The molecule has 1 aromatic heterocycles. The summed E-state index contributed by atoms with van der Waals surface area (Å²) in [7, 11) is 1.55. The van der Waals surface area contributed by atoms with Crippen LogP contribution in [0.1, 0.15) is 11.1 Å². The third kappa shape index (κ3) is 4.41. The summed E-state index contributed by atoms with van der Waals surface area (Å²) in [6, 6.07) is 19.1. The second-order valence-corrected chi connectivity index (χ2v) is 5.75. The van der Waals surface area contributed by atoms with Gasteiger partial charge in [-0.3, -0.25) is 4.79 Å². The number of benzene rings is 2. The molecule has 1 heterocycles. The fraction of sp³-hybridized carbons (Fsp3) is 0.150. The number of hydrogen-bond donors (Lipinski definition) is 1. The predicted octanol–water partition coefficient (Wildman–Crippen LogP) is 3.64. The van der Waals surface area contributed by atoms with Crippen LogP contribution in [0.2, 0.25) is 0 Å². The number of carbonyl (C=O) groups is 1. The van der Waals surface area contributed by atoms with Crippen molar-refractivity contribution in [3.63, 3.8) is 0 Å². The largest absolute Gasteiger partial charge is 0.480 e. The van der Waals surface area contributed by atoms with E-state index in [0.717, 1.165) is 28.1 Å². The summed E-state index contributed by atoms with van der Waals surface area (Å²) < 4.78 is 5.00. The second kappa shape index (κ2) is 7.57. The molecular weight excluding hydrogens is 314 g/mol. The fourth-order valence-corrected chi connectivity index (χ4v) is 2.52. The van der Waals surface area contributed by atoms with Gasteiger partial charge in [0.05, 0.1) is 19.2 Å². The number of ether oxygens (including phenoxy) is 1. The van der Waals surface area contributed by atoms with Crippen LogP contribution >= 0.6 is 0 Å². The molecule has 0 spiro atoms. The Labute approximate surface area is 146 Å². The highest BCUT2D eigenvalue weighted by molar-refractivity contribution is 5.92. The molecule has 0 saturated heterocycles. The number of aryl methyl sites for hydroxylation is 1. The van der Waals surface area contributed by atoms with E-state index in [0.29, 0.717) is 12.3 Å². The highest BCUT2D eigenvalue weighted by atomic mass is 16.5. The second-order valence-electron chi connectivity index (χ2n) is 5.75. The Bertz CT molecular complexity index is 859. The first-order chi connectivity index (χ1) is 12.1. The minimum atomic E-state index is -0.0393. The van der Waals surface area contributed by atoms with Crippen molar-refractivity contribution in [1.82, 2.24) is 10.2 Å². The fourth-order valence-electron chi connectivity index (χ4n) is 2.52. The minimum Gasteiger partial charge on any atom is -0.480 e. The summed E-state index contributed by atoms with van der Waals surface area (Å²) in [6.45, 7) is 2.02. The Morgan fingerprint density at radius 2 is 1.84 bits per heavy atom. The Hall–Kier alpha value is -3.21. The summed E-state index contributed by atoms with van der Waals surface area (Å²) in [5.41, 5.74) is 4.58. The van der Waals surface area contributed by atoms with Gasteiger partial charge in [0.2, 0.25) is 11.8 Å². The molecule has 0 aliphatic carbocycles. The number of nitrogens with one attached hydrogen (secondary N) is 1. The standard InChI is InChI=1S/C20H19N3O2/c1-14-4-3-5-15(12-14)13-19(24)21-17-8-6-16(7-9-17)18-10-11-20(25-2)23-22-18/h3-12H,13H2,1-2H3,(H,21,24). The third-order valence-electron chi connectivity index (χ3n) is 3.76. The van der Waals surface area contributed by atoms with Crippen LogP contribution < -0.4 is 10.1 Å². The van der Waals surface area contributed by atoms with Crippen LogP contribution in [0.4, 0.5) is 5.69 Å². The molecule has 25 heavy (non-hydrogen) atoms. The van der Waals surface area contributed by atoms with Gasteiger partial charge in [-0.1, -0.05) is 42.0 Å². The highest BCUT2D eigenvalue weighted by Gasteiger charge is 2.06. The number of anilines is 1. The molecule has 0 saturated carbocycles. The van der Waals surface area contributed by atoms with Crippen molar-refractivity contribution in [2.24, 2.45) is 0 Å². The molecular formula is C20H19N3O2. The van der Waals surface area contributed by atoms with Crippen molar-refractivity contribution in [1.29, 1.82) is 0 Å². The van der Waals surface area contributed by atoms with Gasteiger partial charge in [-0.2, -0.15) is 0 Å². The maximum atomic E-state index is 12.2. The van der Waals surface area contributed by atoms with Crippen LogP contribution in [0.3, 0.4) is 0 Å². The van der Waals surface area contributed by atoms with E-state index in [-0.39, 0.29) is 5.91 Å². The summed E-state index contributed by atoms with van der Waals surface area (Å²) in [4.78, 5) is 12.2. The molecule has 1 amide bonds. The lowest BCUT2D eigenvalue weighted by Gasteiger charge is -2.07. The van der Waals surface area contributed by atoms with E-state index in [4.69, 9.17) is 4.74 Å². The molecule has 1 N–H and O–H groups in total. The zero-order valence-corrected chi connectivity index (χ0v) is 14.2. The van der Waals surface area contributed by atoms with Crippen LogP contribution in [-0.2, 0) is 11.2 Å². The Balaban J connectivity index is 1.64. The van der Waals surface area contributed by atoms with Gasteiger partial charge in [-0.25, -0.2) is 0 Å². The van der Waals surface area contributed by atoms with Crippen LogP contribution in [0.25, 0.3) is 11.3 Å². The van der Waals surface area contributed by atoms with E-state index >= 15 is 0 Å². The molecule has 2 aromatic carbocycles. The van der Waals surface area contributed by atoms with E-state index in [1.54, 1.807) is 13.2 Å². The SMILES string of the molecule is COc1ccc(-c2ccc(NC(=O)Cc3cccc(C)c3)cc2)nn1. The van der Waals surface area contributed by atoms with Crippen molar-refractivity contribution >= 4 is 11.6 Å². The minimum absolute atomic E-state index is 0.0393. The van der Waals surface area contributed by atoms with E-state index in [2.05, 4.69) is 15.5 Å². The van der Waals surface area contributed by atoms with Gasteiger partial charge in [0.25, 0.3) is 0 Å². The van der Waals surface area contributed by atoms with E-state index in [1.165, 1.54) is 0 Å². The van der Waals surface area contributed by atoms with Crippen molar-refractivity contribution in [3.8, 4) is 17.1 Å². The maximum Gasteiger partial charge on any atom is 0.233 e. The van der Waals surface area contributed by atoms with E-state index in [9.17, 15) is 4.79 Å². The molecule has 5 nitrogen and oxygen atoms in total. The summed E-state index contributed by atoms with van der Waals surface area (Å²) in [6.07, 6.45) is 0.355. The van der Waals surface area contributed by atoms with Gasteiger partial charge in [-0.15, -0.1) is 10.2 Å². The Morgan fingerprint density at radius 1 is 1.04 bits per heavy atom. The molecule has 3 aromatic rings. The zero-order valence-electron chi connectivity index (χ0n) is 14.2. The van der Waals surface area contributed by atoms with Crippen LogP contribution in [0, 0.1) is 6.92 Å². The zero-order chi connectivity index (χ0) is 17.6. The highest BCUT2D eigenvalue weighted by Crippen LogP contribution is 2.20. The lowest BCUT2D eigenvalue weighted by atomic mass is 10.1. The molecule has 0 radical (unpaired) electrons. The molecule has 0 aliphatic rings. The first-order valence-corrected chi connectivity index (χ1v) is 7.97. The van der Waals surface area contributed by atoms with Crippen molar-refractivity contribution in [2.75, 3.05) is 12.4 Å². The van der Waals surface area contributed by atoms with Crippen LogP contribution in [0.5, 0.6) is 5.88 Å². The van der Waals surface area contributed by atoms with E-state index < -0.39 is 0 Å². The number of amides is 1. The van der Waals surface area contributed by atoms with Crippen LogP contribution in [-0.4, -0.2) is 23.2 Å². The maximum absolute atomic E-state index is 12.2. The number of carbonyl (C=O) groups excluding carboxylic acids is 1. The lowest BCUT2D eigenvalue weighted by molar-refractivity contribution is -0.115. The summed E-state index contributed by atoms with van der Waals surface area (Å²) >= 11 is 0. The smallest absolute Gasteiger partial charge is 0.233 e. The van der Waals surface area contributed by atoms with Gasteiger partial charge in [-0.05, 0) is 30.7 Å². The molecule has 3 rings (SSSR count). The van der Waals surface area contributed by atoms with Gasteiger partial charge < -0.3 is 10.1 Å². The van der Waals surface area contributed by atoms with E-state index in [1.807, 2.05) is 61.5 Å². The number of aromatic nitrogens is 2. The molecule has 0 atom stereocenters. The van der Waals surface area contributed by atoms with Crippen molar-refractivity contribution in [3.05, 3.63) is 71.8 Å². The van der Waals surface area contributed by atoms with Gasteiger partial charge in [0.15, 0.2) is 0 Å². The molecule has 0 unspecified atom stereocenters. The summed E-state index contributed by atoms with van der Waals surface area (Å²) in [5, 5.41) is 11.0. The average Bonchev–Trinajstić information content (AvgIpc) is 2.62. The number of methoxy groups -OCH3 is 1. The van der Waals surface area contributed by atoms with Gasteiger partial charge in [0, 0.05) is 17.3 Å². The van der Waals surface area contributed by atoms with Crippen molar-refractivity contribution < 1.29 is 9.53 Å². The number of hydrogen-bond acceptors (Lipinski definition) is 4. The molecule has 126 valence electrons. The van der Waals surface area contributed by atoms with Gasteiger partial charge in [0.1, 0.15) is 0 Å². The lowest BCUT2D eigenvalue weighted by Crippen LogP contribution is -2.14. The molecule has 0 aliphatic heterocycles. The topological polar surface area (TPSA) is 64.1 Å². The Kier molecular flexibility index (Phi) is 5.04. The molecule has 0 bridgehead atoms. The van der Waals surface area contributed by atoms with Crippen molar-refractivity contribution in [2.45, 2.75) is 13.3 Å². The first-order valence-electron chi connectivity index (χ1n) is 7.97. The number of nitrogens with zero attached hydrogens (tertiary/aromatic N) is 2. The normalized spacial score (nSPS) is 10.3. The quantitative estimate of drug-likeness (QED) is 0.774. The number of rotatable bonds is 5. The molecule has 0 fully saturated rings. The molecule has 5 heteroatoms. The third-order valence-corrected chi connectivity index (χ3v) is 3.76. The first kappa shape index (κ1) is 16.6. The monoisotopic (exact) mass is 333 g/mol. The summed E-state index contributed by atoms with van der Waals surface area (Å²) in [5.74, 6) is 0.436. The van der Waals surface area contributed by atoms with Gasteiger partial charge >= 0.3 is 0 Å². The Morgan fingerprint density at radius 3 is 2.48 bits per heavy atom. The average molecular weight is 333 g/mol. The van der Waals surface area contributed by atoms with Crippen LogP contribution in [0.15, 0.2) is 60.7 Å². The predicted molar refractivity (Wildman–Crippen MR) is 97.5 cm³/mol.